The largest absolute Gasteiger partial charge is 0.315 e. The van der Waals surface area contributed by atoms with Gasteiger partial charge in [-0.2, -0.15) is 0 Å². The van der Waals surface area contributed by atoms with Crippen LogP contribution in [0.1, 0.15) is 37.8 Å². The minimum absolute atomic E-state index is 0.653. The van der Waals surface area contributed by atoms with Crippen LogP contribution in [-0.2, 0) is 0 Å². The lowest BCUT2D eigenvalue weighted by molar-refractivity contribution is 0.526. The number of thioether (sulfide) groups is 1. The SMILES string of the molecule is CCNC(C)CCCSc1ccc(C)cc1C. The number of hydrogen-bond donors (Lipinski definition) is 1. The zero-order chi connectivity index (χ0) is 12.7. The molecule has 1 atom stereocenters. The Morgan fingerprint density at radius 2 is 2.06 bits per heavy atom. The smallest absolute Gasteiger partial charge is 0.0101 e. The summed E-state index contributed by atoms with van der Waals surface area (Å²) in [6.45, 7) is 9.87. The molecule has 1 N–H and O–H groups in total. The molecule has 0 aliphatic heterocycles. The number of nitrogens with one attached hydrogen (secondary N) is 1. The zero-order valence-corrected chi connectivity index (χ0v) is 12.4. The highest BCUT2D eigenvalue weighted by atomic mass is 32.2. The predicted octanol–water partition coefficient (Wildman–Crippen LogP) is 4.17. The van der Waals surface area contributed by atoms with Gasteiger partial charge in [-0.15, -0.1) is 11.8 Å². The molecule has 17 heavy (non-hydrogen) atoms. The fraction of sp³-hybridized carbons (Fsp3) is 0.600. The molecule has 1 aromatic rings. The third-order valence-electron chi connectivity index (χ3n) is 2.92. The molecular weight excluding hydrogens is 226 g/mol. The predicted molar refractivity (Wildman–Crippen MR) is 79.0 cm³/mol. The normalized spacial score (nSPS) is 12.7. The Morgan fingerprint density at radius 1 is 1.29 bits per heavy atom. The van der Waals surface area contributed by atoms with Crippen molar-refractivity contribution in [1.29, 1.82) is 0 Å². The van der Waals surface area contributed by atoms with E-state index >= 15 is 0 Å². The maximum absolute atomic E-state index is 3.45. The van der Waals surface area contributed by atoms with Crippen LogP contribution < -0.4 is 5.32 Å². The van der Waals surface area contributed by atoms with Crippen LogP contribution in [0.2, 0.25) is 0 Å². The molecule has 0 heterocycles. The third-order valence-corrected chi connectivity index (χ3v) is 4.18. The molecule has 1 aromatic carbocycles. The molecule has 1 rings (SSSR count). The van der Waals surface area contributed by atoms with Crippen molar-refractivity contribution >= 4 is 11.8 Å². The molecule has 0 aromatic heterocycles. The molecule has 0 saturated carbocycles. The minimum atomic E-state index is 0.653. The summed E-state index contributed by atoms with van der Waals surface area (Å²) in [5, 5.41) is 3.45. The van der Waals surface area contributed by atoms with Crippen molar-refractivity contribution in [2.45, 2.75) is 51.5 Å². The fourth-order valence-electron chi connectivity index (χ4n) is 1.98. The molecule has 0 saturated heterocycles. The first-order chi connectivity index (χ1) is 8.13. The second-order valence-electron chi connectivity index (χ2n) is 4.72. The van der Waals surface area contributed by atoms with Crippen LogP contribution in [0.5, 0.6) is 0 Å². The molecule has 0 radical (unpaired) electrons. The lowest BCUT2D eigenvalue weighted by Gasteiger charge is -2.12. The van der Waals surface area contributed by atoms with Crippen LogP contribution in [0.4, 0.5) is 0 Å². The van der Waals surface area contributed by atoms with Gasteiger partial charge in [-0.05, 0) is 57.5 Å². The average Bonchev–Trinajstić information content (AvgIpc) is 2.27. The molecule has 96 valence electrons. The van der Waals surface area contributed by atoms with Crippen molar-refractivity contribution in [2.24, 2.45) is 0 Å². The Kier molecular flexibility index (Phi) is 6.68. The Balaban J connectivity index is 2.26. The quantitative estimate of drug-likeness (QED) is 0.576. The number of hydrogen-bond acceptors (Lipinski definition) is 2. The maximum atomic E-state index is 3.45. The van der Waals surface area contributed by atoms with E-state index in [2.05, 4.69) is 51.2 Å². The number of rotatable bonds is 7. The van der Waals surface area contributed by atoms with Gasteiger partial charge in [-0.25, -0.2) is 0 Å². The van der Waals surface area contributed by atoms with Crippen molar-refractivity contribution in [2.75, 3.05) is 12.3 Å². The van der Waals surface area contributed by atoms with E-state index in [-0.39, 0.29) is 0 Å². The topological polar surface area (TPSA) is 12.0 Å². The van der Waals surface area contributed by atoms with Crippen molar-refractivity contribution in [3.63, 3.8) is 0 Å². The molecular formula is C15H25NS. The standard InChI is InChI=1S/C15H25NS/c1-5-16-14(4)7-6-10-17-15-9-8-12(2)11-13(15)3/h8-9,11,14,16H,5-7,10H2,1-4H3. The fourth-order valence-corrected chi connectivity index (χ4v) is 2.97. The van der Waals surface area contributed by atoms with E-state index in [0.717, 1.165) is 6.54 Å². The van der Waals surface area contributed by atoms with Gasteiger partial charge in [0.15, 0.2) is 0 Å². The van der Waals surface area contributed by atoms with Gasteiger partial charge in [-0.1, -0.05) is 24.6 Å². The number of aryl methyl sites for hydroxylation is 2. The summed E-state index contributed by atoms with van der Waals surface area (Å²) in [5.74, 6) is 1.22. The lowest BCUT2D eigenvalue weighted by Crippen LogP contribution is -2.25. The highest BCUT2D eigenvalue weighted by Crippen LogP contribution is 2.24. The van der Waals surface area contributed by atoms with Gasteiger partial charge >= 0.3 is 0 Å². The number of benzene rings is 1. The first-order valence-electron chi connectivity index (χ1n) is 6.57. The monoisotopic (exact) mass is 251 g/mol. The summed E-state index contributed by atoms with van der Waals surface area (Å²) in [6, 6.07) is 7.38. The van der Waals surface area contributed by atoms with E-state index in [4.69, 9.17) is 0 Å². The van der Waals surface area contributed by atoms with Crippen LogP contribution in [0.3, 0.4) is 0 Å². The first kappa shape index (κ1) is 14.6. The minimum Gasteiger partial charge on any atom is -0.315 e. The lowest BCUT2D eigenvalue weighted by atomic mass is 10.2. The Labute approximate surface area is 110 Å². The van der Waals surface area contributed by atoms with Gasteiger partial charge in [0.25, 0.3) is 0 Å². The van der Waals surface area contributed by atoms with Crippen LogP contribution in [0.25, 0.3) is 0 Å². The third kappa shape index (κ3) is 5.60. The second kappa shape index (κ2) is 7.78. The molecule has 0 aliphatic rings. The van der Waals surface area contributed by atoms with Crippen LogP contribution in [0, 0.1) is 13.8 Å². The Morgan fingerprint density at radius 3 is 2.71 bits per heavy atom. The summed E-state index contributed by atoms with van der Waals surface area (Å²) >= 11 is 1.99. The highest BCUT2D eigenvalue weighted by Gasteiger charge is 2.02. The molecule has 1 nitrogen and oxygen atoms in total. The van der Waals surface area contributed by atoms with Gasteiger partial charge in [0, 0.05) is 10.9 Å². The van der Waals surface area contributed by atoms with Crippen molar-refractivity contribution < 1.29 is 0 Å². The molecule has 1 unspecified atom stereocenters. The summed E-state index contributed by atoms with van der Waals surface area (Å²) in [4.78, 5) is 1.44. The van der Waals surface area contributed by atoms with Crippen LogP contribution in [0.15, 0.2) is 23.1 Å². The van der Waals surface area contributed by atoms with E-state index in [1.807, 2.05) is 11.8 Å². The second-order valence-corrected chi connectivity index (χ2v) is 5.86. The van der Waals surface area contributed by atoms with Crippen LogP contribution >= 0.6 is 11.8 Å². The first-order valence-corrected chi connectivity index (χ1v) is 7.55. The Bertz CT molecular complexity index is 336. The average molecular weight is 251 g/mol. The van der Waals surface area contributed by atoms with Crippen molar-refractivity contribution in [3.8, 4) is 0 Å². The van der Waals surface area contributed by atoms with Gasteiger partial charge in [0.2, 0.25) is 0 Å². The molecule has 0 amide bonds. The molecule has 0 aliphatic carbocycles. The van der Waals surface area contributed by atoms with Gasteiger partial charge < -0.3 is 5.32 Å². The van der Waals surface area contributed by atoms with E-state index < -0.39 is 0 Å². The van der Waals surface area contributed by atoms with Crippen LogP contribution in [-0.4, -0.2) is 18.3 Å². The molecule has 0 bridgehead atoms. The molecule has 2 heteroatoms. The van der Waals surface area contributed by atoms with Gasteiger partial charge in [-0.3, -0.25) is 0 Å². The molecule has 0 fully saturated rings. The molecule has 0 spiro atoms. The summed E-state index contributed by atoms with van der Waals surface area (Å²) in [7, 11) is 0. The highest BCUT2D eigenvalue weighted by molar-refractivity contribution is 7.99. The van der Waals surface area contributed by atoms with E-state index in [1.165, 1.54) is 34.6 Å². The van der Waals surface area contributed by atoms with Gasteiger partial charge in [0.1, 0.15) is 0 Å². The summed E-state index contributed by atoms with van der Waals surface area (Å²) in [5.41, 5.74) is 2.77. The van der Waals surface area contributed by atoms with Crippen molar-refractivity contribution in [1.82, 2.24) is 5.32 Å². The van der Waals surface area contributed by atoms with E-state index in [1.54, 1.807) is 0 Å². The zero-order valence-electron chi connectivity index (χ0n) is 11.5. The van der Waals surface area contributed by atoms with E-state index in [9.17, 15) is 0 Å². The summed E-state index contributed by atoms with van der Waals surface area (Å²) in [6.07, 6.45) is 2.55. The Hall–Kier alpha value is -0.470. The van der Waals surface area contributed by atoms with Crippen molar-refractivity contribution in [3.05, 3.63) is 29.3 Å². The maximum Gasteiger partial charge on any atom is 0.0101 e. The summed E-state index contributed by atoms with van der Waals surface area (Å²) < 4.78 is 0. The van der Waals surface area contributed by atoms with E-state index in [0.29, 0.717) is 6.04 Å². The van der Waals surface area contributed by atoms with Gasteiger partial charge in [0.05, 0.1) is 0 Å².